The first-order valence-corrected chi connectivity index (χ1v) is 6.24. The fourth-order valence-electron chi connectivity index (χ4n) is 1.10. The van der Waals surface area contributed by atoms with Gasteiger partial charge in [-0.05, 0) is 12.1 Å². The third kappa shape index (κ3) is 3.06. The minimum absolute atomic E-state index is 0.477. The van der Waals surface area contributed by atoms with Crippen LogP contribution in [0.4, 0.5) is 0 Å². The number of rotatable bonds is 5. The van der Waals surface area contributed by atoms with Gasteiger partial charge >= 0.3 is 5.97 Å². The van der Waals surface area contributed by atoms with Gasteiger partial charge in [0, 0.05) is 5.92 Å². The molecule has 0 spiro atoms. The SMILES string of the molecule is CC(CS(=O)(=O)c1ccc(C(=O)O)o1)C(N)=O. The van der Waals surface area contributed by atoms with Crippen molar-refractivity contribution in [3.05, 3.63) is 17.9 Å². The molecule has 0 aromatic carbocycles. The van der Waals surface area contributed by atoms with Crippen molar-refractivity contribution in [2.24, 2.45) is 11.7 Å². The van der Waals surface area contributed by atoms with Gasteiger partial charge in [0.2, 0.25) is 26.6 Å². The third-order valence-corrected chi connectivity index (χ3v) is 3.83. The van der Waals surface area contributed by atoms with E-state index in [1.54, 1.807) is 0 Å². The lowest BCUT2D eigenvalue weighted by molar-refractivity contribution is -0.120. The van der Waals surface area contributed by atoms with Gasteiger partial charge in [-0.3, -0.25) is 4.79 Å². The Labute approximate surface area is 97.1 Å². The molecule has 0 saturated carbocycles. The van der Waals surface area contributed by atoms with Gasteiger partial charge in [0.05, 0.1) is 5.75 Å². The van der Waals surface area contributed by atoms with Crippen LogP contribution in [0.5, 0.6) is 0 Å². The molecule has 0 saturated heterocycles. The molecule has 17 heavy (non-hydrogen) atoms. The molecule has 1 amide bonds. The number of carbonyl (C=O) groups is 2. The second kappa shape index (κ2) is 4.58. The molecule has 1 unspecified atom stereocenters. The van der Waals surface area contributed by atoms with E-state index in [9.17, 15) is 18.0 Å². The van der Waals surface area contributed by atoms with Crippen LogP contribution in [0.1, 0.15) is 17.5 Å². The van der Waals surface area contributed by atoms with Crippen LogP contribution < -0.4 is 5.73 Å². The first kappa shape index (κ1) is 13.2. The van der Waals surface area contributed by atoms with Gasteiger partial charge < -0.3 is 15.3 Å². The molecule has 0 bridgehead atoms. The standard InChI is InChI=1S/C9H11NO6S/c1-5(8(10)11)4-17(14,15)7-3-2-6(16-7)9(12)13/h2-3,5H,4H2,1H3,(H2,10,11)(H,12,13). The number of amides is 1. The van der Waals surface area contributed by atoms with Crippen LogP contribution in [0.25, 0.3) is 0 Å². The monoisotopic (exact) mass is 261 g/mol. The van der Waals surface area contributed by atoms with Crippen LogP contribution in [0, 0.1) is 5.92 Å². The van der Waals surface area contributed by atoms with Crippen molar-refractivity contribution in [1.82, 2.24) is 0 Å². The summed E-state index contributed by atoms with van der Waals surface area (Å²) in [5.74, 6) is -3.99. The molecule has 0 fully saturated rings. The summed E-state index contributed by atoms with van der Waals surface area (Å²) in [6, 6.07) is 2.07. The second-order valence-electron chi connectivity index (χ2n) is 3.51. The van der Waals surface area contributed by atoms with Crippen LogP contribution >= 0.6 is 0 Å². The highest BCUT2D eigenvalue weighted by molar-refractivity contribution is 7.91. The molecular formula is C9H11NO6S. The maximum atomic E-state index is 11.7. The van der Waals surface area contributed by atoms with Crippen LogP contribution in [-0.2, 0) is 14.6 Å². The topological polar surface area (TPSA) is 128 Å². The Bertz CT molecular complexity index is 544. The van der Waals surface area contributed by atoms with Gasteiger partial charge in [0.15, 0.2) is 0 Å². The summed E-state index contributed by atoms with van der Waals surface area (Å²) in [5.41, 5.74) is 4.95. The predicted molar refractivity (Wildman–Crippen MR) is 56.1 cm³/mol. The van der Waals surface area contributed by atoms with E-state index in [-0.39, 0.29) is 0 Å². The van der Waals surface area contributed by atoms with Gasteiger partial charge in [-0.1, -0.05) is 6.92 Å². The van der Waals surface area contributed by atoms with E-state index >= 15 is 0 Å². The second-order valence-corrected chi connectivity index (χ2v) is 5.47. The minimum atomic E-state index is -3.85. The summed E-state index contributed by atoms with van der Waals surface area (Å²) in [6.07, 6.45) is 0. The number of carboxylic acids is 1. The Kier molecular flexibility index (Phi) is 3.56. The van der Waals surface area contributed by atoms with Crippen molar-refractivity contribution >= 4 is 21.7 Å². The number of hydrogen-bond acceptors (Lipinski definition) is 5. The number of carbonyl (C=O) groups excluding carboxylic acids is 1. The van der Waals surface area contributed by atoms with Gasteiger partial charge in [0.25, 0.3) is 0 Å². The summed E-state index contributed by atoms with van der Waals surface area (Å²) in [5, 5.41) is 8.09. The van der Waals surface area contributed by atoms with Crippen molar-refractivity contribution in [1.29, 1.82) is 0 Å². The zero-order chi connectivity index (χ0) is 13.2. The van der Waals surface area contributed by atoms with E-state index in [2.05, 4.69) is 4.42 Å². The molecule has 94 valence electrons. The summed E-state index contributed by atoms with van der Waals surface area (Å²) >= 11 is 0. The van der Waals surface area contributed by atoms with Crippen LogP contribution in [0.2, 0.25) is 0 Å². The first-order chi connectivity index (χ1) is 7.74. The Morgan fingerprint density at radius 1 is 1.47 bits per heavy atom. The number of sulfone groups is 1. The Balaban J connectivity index is 2.97. The predicted octanol–water partition coefficient (Wildman–Crippen LogP) is -0.127. The average Bonchev–Trinajstić information content (AvgIpc) is 2.65. The number of furan rings is 1. The molecule has 0 aliphatic carbocycles. The van der Waals surface area contributed by atoms with Crippen molar-refractivity contribution in [3.63, 3.8) is 0 Å². The van der Waals surface area contributed by atoms with E-state index < -0.39 is 44.2 Å². The molecule has 8 heteroatoms. The summed E-state index contributed by atoms with van der Waals surface area (Å²) < 4.78 is 28.0. The molecule has 1 heterocycles. The number of nitrogens with two attached hydrogens (primary N) is 1. The zero-order valence-electron chi connectivity index (χ0n) is 8.91. The number of primary amides is 1. The van der Waals surface area contributed by atoms with Gasteiger partial charge in [-0.2, -0.15) is 0 Å². The summed E-state index contributed by atoms with van der Waals surface area (Å²) in [6.45, 7) is 1.36. The molecular weight excluding hydrogens is 250 g/mol. The largest absolute Gasteiger partial charge is 0.475 e. The fourth-order valence-corrected chi connectivity index (χ4v) is 2.57. The Morgan fingerprint density at radius 2 is 2.06 bits per heavy atom. The molecule has 7 nitrogen and oxygen atoms in total. The van der Waals surface area contributed by atoms with Crippen molar-refractivity contribution in [2.75, 3.05) is 5.75 Å². The fraction of sp³-hybridized carbons (Fsp3) is 0.333. The normalized spacial score (nSPS) is 13.2. The highest BCUT2D eigenvalue weighted by Crippen LogP contribution is 2.17. The van der Waals surface area contributed by atoms with Crippen LogP contribution in [0.15, 0.2) is 21.6 Å². The number of carboxylic acid groups (broad SMARTS) is 1. The zero-order valence-corrected chi connectivity index (χ0v) is 9.73. The first-order valence-electron chi connectivity index (χ1n) is 4.59. The lowest BCUT2D eigenvalue weighted by Gasteiger charge is -2.05. The van der Waals surface area contributed by atoms with Gasteiger partial charge in [-0.15, -0.1) is 0 Å². The van der Waals surface area contributed by atoms with Gasteiger partial charge in [-0.25, -0.2) is 13.2 Å². The minimum Gasteiger partial charge on any atom is -0.475 e. The average molecular weight is 261 g/mol. The van der Waals surface area contributed by atoms with E-state index in [0.717, 1.165) is 12.1 Å². The molecule has 0 aliphatic rings. The highest BCUT2D eigenvalue weighted by Gasteiger charge is 2.25. The molecule has 0 aliphatic heterocycles. The smallest absolute Gasteiger partial charge is 0.371 e. The molecule has 1 rings (SSSR count). The molecule has 0 radical (unpaired) electrons. The Hall–Kier alpha value is -1.83. The van der Waals surface area contributed by atoms with Crippen LogP contribution in [-0.4, -0.2) is 31.2 Å². The molecule has 1 aromatic rings. The quantitative estimate of drug-likeness (QED) is 0.760. The molecule has 3 N–H and O–H groups in total. The van der Waals surface area contributed by atoms with E-state index in [1.807, 2.05) is 0 Å². The maximum absolute atomic E-state index is 11.7. The maximum Gasteiger partial charge on any atom is 0.371 e. The number of hydrogen-bond donors (Lipinski definition) is 2. The lowest BCUT2D eigenvalue weighted by atomic mass is 10.2. The Morgan fingerprint density at radius 3 is 2.47 bits per heavy atom. The van der Waals surface area contributed by atoms with Crippen molar-refractivity contribution in [2.45, 2.75) is 12.0 Å². The third-order valence-electron chi connectivity index (χ3n) is 2.05. The molecule has 1 atom stereocenters. The van der Waals surface area contributed by atoms with E-state index in [0.29, 0.717) is 0 Å². The van der Waals surface area contributed by atoms with E-state index in [4.69, 9.17) is 10.8 Å². The lowest BCUT2D eigenvalue weighted by Crippen LogP contribution is -2.27. The van der Waals surface area contributed by atoms with Crippen molar-refractivity contribution in [3.8, 4) is 0 Å². The van der Waals surface area contributed by atoms with Gasteiger partial charge in [0.1, 0.15) is 0 Å². The van der Waals surface area contributed by atoms with Crippen molar-refractivity contribution < 1.29 is 27.5 Å². The summed E-state index contributed by atoms with van der Waals surface area (Å²) in [4.78, 5) is 21.3. The summed E-state index contributed by atoms with van der Waals surface area (Å²) in [7, 11) is -3.85. The van der Waals surface area contributed by atoms with E-state index in [1.165, 1.54) is 6.92 Å². The molecule has 1 aromatic heterocycles. The number of aromatic carboxylic acids is 1. The highest BCUT2D eigenvalue weighted by atomic mass is 32.2. The van der Waals surface area contributed by atoms with Crippen LogP contribution in [0.3, 0.4) is 0 Å².